The number of Topliss-reactive ketones (excluding diaryl/α,β-unsaturated/α-hetero) is 1. The zero-order chi connectivity index (χ0) is 30.0. The molecule has 0 aromatic heterocycles. The maximum absolute atomic E-state index is 12.4. The van der Waals surface area contributed by atoms with E-state index < -0.39 is 73.2 Å². The average Bonchev–Trinajstić information content (AvgIpc) is 2.91. The van der Waals surface area contributed by atoms with Crippen LogP contribution >= 0.6 is 0 Å². The summed E-state index contributed by atoms with van der Waals surface area (Å²) in [5.41, 5.74) is 0. The quantitative estimate of drug-likeness (QED) is 0.0848. The van der Waals surface area contributed by atoms with E-state index in [-0.39, 0.29) is 58.1 Å². The van der Waals surface area contributed by atoms with Gasteiger partial charge in [-0.15, -0.1) is 0 Å². The number of aliphatic hydroxyl groups is 6. The number of carbonyl (C=O) groups excluding carboxylic acids is 3. The number of hydrogen-bond donors (Lipinski definition) is 8. The minimum absolute atomic E-state index is 0.0109. The van der Waals surface area contributed by atoms with E-state index in [0.29, 0.717) is 0 Å². The topological polar surface area (TPSA) is 237 Å². The van der Waals surface area contributed by atoms with Gasteiger partial charge < -0.3 is 60.2 Å². The van der Waals surface area contributed by atoms with E-state index in [1.165, 1.54) is 18.7 Å². The van der Waals surface area contributed by atoms with E-state index in [0.717, 1.165) is 0 Å². The Balaban J connectivity index is 1.72. The number of ketones is 1. The number of nitrogens with one attached hydrogen (secondary N) is 2. The maximum Gasteiger partial charge on any atom is 0.234 e. The van der Waals surface area contributed by atoms with Crippen molar-refractivity contribution in [1.29, 1.82) is 0 Å². The van der Waals surface area contributed by atoms with Crippen LogP contribution in [0.1, 0.15) is 27.2 Å². The summed E-state index contributed by atoms with van der Waals surface area (Å²) < 4.78 is 21.3. The second kappa shape index (κ2) is 16.6. The van der Waals surface area contributed by atoms with Gasteiger partial charge in [-0.2, -0.15) is 0 Å². The molecule has 16 heteroatoms. The molecule has 0 radical (unpaired) electrons. The molecule has 2 aliphatic heterocycles. The third kappa shape index (κ3) is 10.2. The van der Waals surface area contributed by atoms with E-state index in [1.807, 2.05) is 0 Å². The van der Waals surface area contributed by atoms with E-state index in [1.54, 1.807) is 6.92 Å². The van der Waals surface area contributed by atoms with Gasteiger partial charge in [0.2, 0.25) is 11.8 Å². The molecule has 10 atom stereocenters. The largest absolute Gasteiger partial charge is 0.388 e. The molecule has 232 valence electrons. The van der Waals surface area contributed by atoms with Gasteiger partial charge in [0.25, 0.3) is 0 Å². The predicted molar refractivity (Wildman–Crippen MR) is 134 cm³/mol. The minimum atomic E-state index is -1.47. The van der Waals surface area contributed by atoms with Crippen molar-refractivity contribution in [3.8, 4) is 0 Å². The van der Waals surface area contributed by atoms with Crippen molar-refractivity contribution in [1.82, 2.24) is 15.5 Å². The van der Waals surface area contributed by atoms with Crippen LogP contribution in [0.4, 0.5) is 0 Å². The Hall–Kier alpha value is -1.83. The summed E-state index contributed by atoms with van der Waals surface area (Å²) in [5, 5.41) is 64.1. The van der Waals surface area contributed by atoms with Gasteiger partial charge in [0.15, 0.2) is 12.6 Å². The van der Waals surface area contributed by atoms with Crippen molar-refractivity contribution in [2.24, 2.45) is 0 Å². The molecule has 0 aliphatic carbocycles. The standard InChI is InChI=1S/C24H43N3O13/c1-4-14(28)9-27(10-15(29)25-5-7-37-23-21(35)19(33)17(31)12(2)39-23)11-16(30)26-6-8-38-24-22(36)20(34)18(32)13(3)40-24/h12-13,17-24,31-36H,4-11H2,1-3H3,(H,25,29)(H,26,30). The first kappa shape index (κ1) is 34.4. The third-order valence-corrected chi connectivity index (χ3v) is 6.56. The molecule has 0 saturated carbocycles. The summed E-state index contributed by atoms with van der Waals surface area (Å²) in [6, 6.07) is 0. The van der Waals surface area contributed by atoms with Crippen molar-refractivity contribution in [3.63, 3.8) is 0 Å². The van der Waals surface area contributed by atoms with Crippen molar-refractivity contribution in [3.05, 3.63) is 0 Å². The summed E-state index contributed by atoms with van der Waals surface area (Å²) in [6.07, 6.45) is -12.0. The van der Waals surface area contributed by atoms with Crippen LogP contribution in [0.25, 0.3) is 0 Å². The van der Waals surface area contributed by atoms with Gasteiger partial charge >= 0.3 is 0 Å². The number of amides is 2. The molecular weight excluding hydrogens is 538 g/mol. The number of hydrogen-bond acceptors (Lipinski definition) is 14. The zero-order valence-electron chi connectivity index (χ0n) is 22.9. The zero-order valence-corrected chi connectivity index (χ0v) is 22.9. The Morgan fingerprint density at radius 1 is 0.675 bits per heavy atom. The normalized spacial score (nSPS) is 34.5. The summed E-state index contributed by atoms with van der Waals surface area (Å²) in [4.78, 5) is 38.2. The van der Waals surface area contributed by atoms with Crippen LogP contribution in [0.15, 0.2) is 0 Å². The Morgan fingerprint density at radius 3 is 1.45 bits per heavy atom. The van der Waals surface area contributed by atoms with Crippen LogP contribution in [0.2, 0.25) is 0 Å². The van der Waals surface area contributed by atoms with E-state index in [2.05, 4.69) is 10.6 Å². The number of aliphatic hydroxyl groups excluding tert-OH is 6. The van der Waals surface area contributed by atoms with Crippen LogP contribution in [0.3, 0.4) is 0 Å². The lowest BCUT2D eigenvalue weighted by Gasteiger charge is -2.38. The molecule has 2 saturated heterocycles. The van der Waals surface area contributed by atoms with Crippen LogP contribution in [0.5, 0.6) is 0 Å². The molecule has 2 rings (SSSR count). The van der Waals surface area contributed by atoms with Crippen molar-refractivity contribution in [2.45, 2.75) is 88.6 Å². The van der Waals surface area contributed by atoms with E-state index in [9.17, 15) is 45.0 Å². The minimum Gasteiger partial charge on any atom is -0.388 e. The molecule has 2 heterocycles. The van der Waals surface area contributed by atoms with Gasteiger partial charge in [-0.1, -0.05) is 6.92 Å². The van der Waals surface area contributed by atoms with Crippen molar-refractivity contribution >= 4 is 17.6 Å². The molecule has 16 nitrogen and oxygen atoms in total. The molecule has 0 aromatic carbocycles. The summed E-state index contributed by atoms with van der Waals surface area (Å²) >= 11 is 0. The molecule has 10 unspecified atom stereocenters. The van der Waals surface area contributed by atoms with E-state index in [4.69, 9.17) is 18.9 Å². The second-order valence-corrected chi connectivity index (χ2v) is 9.84. The Kier molecular flexibility index (Phi) is 14.2. The fourth-order valence-corrected chi connectivity index (χ4v) is 4.08. The maximum atomic E-state index is 12.4. The summed E-state index contributed by atoms with van der Waals surface area (Å²) in [6.45, 7) is 3.89. The highest BCUT2D eigenvalue weighted by molar-refractivity contribution is 5.84. The summed E-state index contributed by atoms with van der Waals surface area (Å²) in [7, 11) is 0. The lowest BCUT2D eigenvalue weighted by molar-refractivity contribution is -0.292. The van der Waals surface area contributed by atoms with Gasteiger partial charge in [0.05, 0.1) is 45.1 Å². The van der Waals surface area contributed by atoms with Crippen molar-refractivity contribution < 1.29 is 64.0 Å². The fourth-order valence-electron chi connectivity index (χ4n) is 4.08. The van der Waals surface area contributed by atoms with Crippen LogP contribution < -0.4 is 10.6 Å². The highest BCUT2D eigenvalue weighted by Gasteiger charge is 2.43. The Morgan fingerprint density at radius 2 is 1.07 bits per heavy atom. The highest BCUT2D eigenvalue weighted by atomic mass is 16.7. The smallest absolute Gasteiger partial charge is 0.234 e. The molecule has 0 spiro atoms. The molecule has 0 bridgehead atoms. The lowest BCUT2D eigenvalue weighted by atomic mass is 10.0. The van der Waals surface area contributed by atoms with Crippen molar-refractivity contribution in [2.75, 3.05) is 45.9 Å². The van der Waals surface area contributed by atoms with Gasteiger partial charge in [0, 0.05) is 19.5 Å². The number of ether oxygens (including phenoxy) is 4. The average molecular weight is 582 g/mol. The van der Waals surface area contributed by atoms with Gasteiger partial charge in [0.1, 0.15) is 42.4 Å². The first-order chi connectivity index (χ1) is 18.8. The molecule has 40 heavy (non-hydrogen) atoms. The monoisotopic (exact) mass is 581 g/mol. The Labute approximate surface area is 232 Å². The number of carbonyl (C=O) groups is 3. The second-order valence-electron chi connectivity index (χ2n) is 9.84. The molecule has 2 amide bonds. The third-order valence-electron chi connectivity index (χ3n) is 6.56. The molecule has 2 aliphatic rings. The molecular formula is C24H43N3O13. The number of rotatable bonds is 15. The highest BCUT2D eigenvalue weighted by Crippen LogP contribution is 2.22. The van der Waals surface area contributed by atoms with Gasteiger partial charge in [-0.25, -0.2) is 0 Å². The first-order valence-corrected chi connectivity index (χ1v) is 13.3. The Bertz CT molecular complexity index is 765. The molecule has 0 aromatic rings. The van der Waals surface area contributed by atoms with Crippen LogP contribution in [0, 0.1) is 0 Å². The van der Waals surface area contributed by atoms with E-state index >= 15 is 0 Å². The predicted octanol–water partition coefficient (Wildman–Crippen LogP) is -4.81. The van der Waals surface area contributed by atoms with Gasteiger partial charge in [-0.3, -0.25) is 19.3 Å². The van der Waals surface area contributed by atoms with Crippen LogP contribution in [-0.2, 0) is 33.3 Å². The summed E-state index contributed by atoms with van der Waals surface area (Å²) in [5.74, 6) is -1.16. The SMILES string of the molecule is CCC(=O)CN(CC(=O)NCCOC1OC(C)C(O)C(O)C1O)CC(=O)NCCOC1OC(C)C(O)C(O)C1O. The lowest BCUT2D eigenvalue weighted by Crippen LogP contribution is -2.57. The fraction of sp³-hybridized carbons (Fsp3) is 0.875. The molecule has 8 N–H and O–H groups in total. The van der Waals surface area contributed by atoms with Gasteiger partial charge in [-0.05, 0) is 13.8 Å². The number of nitrogens with zero attached hydrogens (tertiary/aromatic N) is 1. The molecule has 2 fully saturated rings. The first-order valence-electron chi connectivity index (χ1n) is 13.3. The van der Waals surface area contributed by atoms with Crippen LogP contribution in [-0.4, -0.2) is 160 Å².